The maximum absolute atomic E-state index is 5.72. The van der Waals surface area contributed by atoms with E-state index in [4.69, 9.17) is 11.5 Å². The van der Waals surface area contributed by atoms with E-state index < -0.39 is 0 Å². The summed E-state index contributed by atoms with van der Waals surface area (Å²) in [5, 5.41) is 4.23. The van der Waals surface area contributed by atoms with Crippen LogP contribution in [0.1, 0.15) is 5.82 Å². The lowest BCUT2D eigenvalue weighted by Gasteiger charge is -2.01. The molecule has 0 saturated carbocycles. The summed E-state index contributed by atoms with van der Waals surface area (Å²) in [6.07, 6.45) is 2.49. The molecule has 0 amide bonds. The van der Waals surface area contributed by atoms with Crippen LogP contribution >= 0.6 is 12.4 Å². The summed E-state index contributed by atoms with van der Waals surface area (Å²) in [4.78, 5) is 4.13. The molecule has 5 nitrogen and oxygen atoms in total. The molecular weight excluding hydrogens is 202 g/mol. The standard InChI is InChI=1S/C8H11N5.ClH/c9-4-3-7-11-8(10)6-2-1-5-13(6)12-7;/h1-2,5H,3-4,9H2,(H2,10,11,12);1H. The maximum atomic E-state index is 5.72. The van der Waals surface area contributed by atoms with Crippen LogP contribution in [0.5, 0.6) is 0 Å². The van der Waals surface area contributed by atoms with Crippen LogP contribution in [0, 0.1) is 0 Å². The summed E-state index contributed by atoms with van der Waals surface area (Å²) in [5.41, 5.74) is 12.0. The first kappa shape index (κ1) is 10.7. The quantitative estimate of drug-likeness (QED) is 0.749. The molecule has 0 aliphatic carbocycles. The predicted octanol–water partition coefficient (Wildman–Crippen LogP) is 0.234. The summed E-state index contributed by atoms with van der Waals surface area (Å²) in [6, 6.07) is 3.76. The molecule has 0 saturated heterocycles. The molecule has 4 N–H and O–H groups in total. The lowest BCUT2D eigenvalue weighted by molar-refractivity contribution is 0.788. The second-order valence-electron chi connectivity index (χ2n) is 2.79. The fourth-order valence-electron chi connectivity index (χ4n) is 1.24. The molecule has 2 rings (SSSR count). The number of nitrogens with zero attached hydrogens (tertiary/aromatic N) is 3. The van der Waals surface area contributed by atoms with Gasteiger partial charge in [-0.15, -0.1) is 12.4 Å². The van der Waals surface area contributed by atoms with Crippen molar-refractivity contribution in [3.05, 3.63) is 24.2 Å². The molecule has 2 aromatic heterocycles. The molecular formula is C8H12ClN5. The molecule has 0 aliphatic heterocycles. The van der Waals surface area contributed by atoms with E-state index in [1.165, 1.54) is 0 Å². The highest BCUT2D eigenvalue weighted by Gasteiger charge is 2.02. The van der Waals surface area contributed by atoms with Crippen LogP contribution in [0.3, 0.4) is 0 Å². The monoisotopic (exact) mass is 213 g/mol. The van der Waals surface area contributed by atoms with Crippen LogP contribution in [0.25, 0.3) is 5.52 Å². The molecule has 14 heavy (non-hydrogen) atoms. The molecule has 2 aromatic rings. The molecule has 2 heterocycles. The first-order valence-electron chi connectivity index (χ1n) is 4.11. The topological polar surface area (TPSA) is 82.2 Å². The third-order valence-corrected chi connectivity index (χ3v) is 1.83. The molecule has 0 bridgehead atoms. The van der Waals surface area contributed by atoms with Crippen molar-refractivity contribution in [1.29, 1.82) is 0 Å². The fourth-order valence-corrected chi connectivity index (χ4v) is 1.24. The summed E-state index contributed by atoms with van der Waals surface area (Å²) >= 11 is 0. The van der Waals surface area contributed by atoms with Gasteiger partial charge in [0.1, 0.15) is 5.52 Å². The minimum atomic E-state index is 0. The van der Waals surface area contributed by atoms with Gasteiger partial charge in [0.2, 0.25) is 0 Å². The van der Waals surface area contributed by atoms with Crippen molar-refractivity contribution in [2.45, 2.75) is 6.42 Å². The Morgan fingerprint density at radius 3 is 2.93 bits per heavy atom. The average Bonchev–Trinajstić information content (AvgIpc) is 2.53. The minimum Gasteiger partial charge on any atom is -0.382 e. The molecule has 76 valence electrons. The first-order chi connectivity index (χ1) is 6.31. The van der Waals surface area contributed by atoms with E-state index in [2.05, 4.69) is 10.1 Å². The van der Waals surface area contributed by atoms with Gasteiger partial charge in [0.25, 0.3) is 0 Å². The number of hydrogen-bond donors (Lipinski definition) is 2. The highest BCUT2D eigenvalue weighted by Crippen LogP contribution is 2.09. The normalized spacial score (nSPS) is 10.1. The highest BCUT2D eigenvalue weighted by molar-refractivity contribution is 5.85. The number of halogens is 1. The van der Waals surface area contributed by atoms with E-state index in [1.54, 1.807) is 4.52 Å². The van der Waals surface area contributed by atoms with Crippen molar-refractivity contribution in [1.82, 2.24) is 14.6 Å². The Hall–Kier alpha value is -1.33. The first-order valence-corrected chi connectivity index (χ1v) is 4.11. The van der Waals surface area contributed by atoms with E-state index in [9.17, 15) is 0 Å². The lowest BCUT2D eigenvalue weighted by atomic mass is 10.4. The van der Waals surface area contributed by atoms with Gasteiger partial charge in [-0.3, -0.25) is 0 Å². The van der Waals surface area contributed by atoms with Gasteiger partial charge in [-0.05, 0) is 18.7 Å². The Labute approximate surface area is 87.5 Å². The van der Waals surface area contributed by atoms with Crippen molar-refractivity contribution in [2.75, 3.05) is 12.3 Å². The predicted molar refractivity (Wildman–Crippen MR) is 57.4 cm³/mol. The Kier molecular flexibility index (Phi) is 3.27. The molecule has 0 fully saturated rings. The van der Waals surface area contributed by atoms with Gasteiger partial charge >= 0.3 is 0 Å². The summed E-state index contributed by atoms with van der Waals surface area (Å²) in [7, 11) is 0. The number of fused-ring (bicyclic) bond motifs is 1. The SMILES string of the molecule is Cl.NCCc1nc(N)c2cccn2n1. The number of anilines is 1. The minimum absolute atomic E-state index is 0. The Morgan fingerprint density at radius 1 is 1.43 bits per heavy atom. The maximum Gasteiger partial charge on any atom is 0.152 e. The van der Waals surface area contributed by atoms with Crippen LogP contribution in [-0.2, 0) is 6.42 Å². The van der Waals surface area contributed by atoms with Crippen LogP contribution in [0.15, 0.2) is 18.3 Å². The van der Waals surface area contributed by atoms with Crippen molar-refractivity contribution < 1.29 is 0 Å². The fraction of sp³-hybridized carbons (Fsp3) is 0.250. The van der Waals surface area contributed by atoms with Gasteiger partial charge in [0.15, 0.2) is 11.6 Å². The van der Waals surface area contributed by atoms with E-state index in [0.29, 0.717) is 24.6 Å². The van der Waals surface area contributed by atoms with Gasteiger partial charge in [0.05, 0.1) is 0 Å². The van der Waals surface area contributed by atoms with Crippen molar-refractivity contribution in [2.24, 2.45) is 5.73 Å². The van der Waals surface area contributed by atoms with Crippen molar-refractivity contribution >= 4 is 23.7 Å². The third kappa shape index (κ3) is 1.78. The van der Waals surface area contributed by atoms with E-state index in [-0.39, 0.29) is 12.4 Å². The van der Waals surface area contributed by atoms with Crippen molar-refractivity contribution in [3.8, 4) is 0 Å². The summed E-state index contributed by atoms with van der Waals surface area (Å²) in [5.74, 6) is 1.19. The molecule has 0 atom stereocenters. The van der Waals surface area contributed by atoms with Gasteiger partial charge in [-0.1, -0.05) is 0 Å². The second kappa shape index (κ2) is 4.26. The molecule has 0 aliphatic rings. The van der Waals surface area contributed by atoms with Crippen LogP contribution in [-0.4, -0.2) is 21.1 Å². The molecule has 6 heteroatoms. The lowest BCUT2D eigenvalue weighted by Crippen LogP contribution is -2.10. The Bertz CT molecular complexity index is 425. The van der Waals surface area contributed by atoms with Gasteiger partial charge in [-0.25, -0.2) is 9.50 Å². The third-order valence-electron chi connectivity index (χ3n) is 1.83. The van der Waals surface area contributed by atoms with Crippen LogP contribution in [0.4, 0.5) is 5.82 Å². The number of rotatable bonds is 2. The van der Waals surface area contributed by atoms with Crippen LogP contribution in [0.2, 0.25) is 0 Å². The zero-order valence-corrected chi connectivity index (χ0v) is 8.37. The number of hydrogen-bond acceptors (Lipinski definition) is 4. The largest absolute Gasteiger partial charge is 0.382 e. The van der Waals surface area contributed by atoms with E-state index in [0.717, 1.165) is 5.52 Å². The Morgan fingerprint density at radius 2 is 2.21 bits per heavy atom. The molecule has 0 radical (unpaired) electrons. The second-order valence-corrected chi connectivity index (χ2v) is 2.79. The highest BCUT2D eigenvalue weighted by atomic mass is 35.5. The zero-order chi connectivity index (χ0) is 9.26. The van der Waals surface area contributed by atoms with Crippen molar-refractivity contribution in [3.63, 3.8) is 0 Å². The van der Waals surface area contributed by atoms with Gasteiger partial charge in [-0.2, -0.15) is 5.10 Å². The number of nitrogen functional groups attached to an aromatic ring is 1. The summed E-state index contributed by atoms with van der Waals surface area (Å²) in [6.45, 7) is 0.534. The molecule has 0 spiro atoms. The zero-order valence-electron chi connectivity index (χ0n) is 7.55. The molecule has 0 unspecified atom stereocenters. The van der Waals surface area contributed by atoms with E-state index in [1.807, 2.05) is 18.3 Å². The number of aromatic nitrogens is 3. The van der Waals surface area contributed by atoms with Crippen LogP contribution < -0.4 is 11.5 Å². The van der Waals surface area contributed by atoms with Gasteiger partial charge < -0.3 is 11.5 Å². The average molecular weight is 214 g/mol. The van der Waals surface area contributed by atoms with Gasteiger partial charge in [0, 0.05) is 12.6 Å². The Balaban J connectivity index is 0.000000980. The summed E-state index contributed by atoms with van der Waals surface area (Å²) < 4.78 is 1.72. The number of nitrogens with two attached hydrogens (primary N) is 2. The smallest absolute Gasteiger partial charge is 0.152 e. The van der Waals surface area contributed by atoms with E-state index >= 15 is 0 Å². The molecule has 0 aromatic carbocycles.